The molecule has 1 N–H and O–H groups in total. The molecule has 140 valence electrons. The minimum absolute atomic E-state index is 0. The number of aliphatic imine (C=N–C) groups is 1. The summed E-state index contributed by atoms with van der Waals surface area (Å²) in [4.78, 5) is 11.3. The molecule has 3 aromatic heterocycles. The second kappa shape index (κ2) is 9.81. The maximum atomic E-state index is 4.72. The third-order valence-electron chi connectivity index (χ3n) is 3.74. The van der Waals surface area contributed by atoms with Crippen molar-refractivity contribution in [2.75, 3.05) is 20.1 Å². The number of pyridine rings is 1. The molecule has 3 rings (SSSR count). The minimum atomic E-state index is 0. The topological polar surface area (TPSA) is 70.7 Å². The highest BCUT2D eigenvalue weighted by Crippen LogP contribution is 2.10. The Hall–Kier alpha value is -1.75. The van der Waals surface area contributed by atoms with Gasteiger partial charge in [-0.1, -0.05) is 6.07 Å². The van der Waals surface area contributed by atoms with Gasteiger partial charge < -0.3 is 10.2 Å². The van der Waals surface area contributed by atoms with Crippen LogP contribution in [0.4, 0.5) is 0 Å². The molecule has 0 spiro atoms. The van der Waals surface area contributed by atoms with Gasteiger partial charge in [-0.3, -0.25) is 9.39 Å². The van der Waals surface area contributed by atoms with Crippen molar-refractivity contribution < 1.29 is 0 Å². The van der Waals surface area contributed by atoms with Crippen molar-refractivity contribution in [3.05, 3.63) is 46.3 Å². The highest BCUT2D eigenvalue weighted by Gasteiger charge is 2.09. The van der Waals surface area contributed by atoms with Crippen LogP contribution in [0.5, 0.6) is 0 Å². The Bertz CT molecular complexity index is 858. The van der Waals surface area contributed by atoms with E-state index in [1.165, 1.54) is 0 Å². The Morgan fingerprint density at radius 3 is 2.92 bits per heavy atom. The van der Waals surface area contributed by atoms with Gasteiger partial charge in [0.1, 0.15) is 5.82 Å². The van der Waals surface area contributed by atoms with Crippen molar-refractivity contribution in [2.24, 2.45) is 4.99 Å². The van der Waals surface area contributed by atoms with Crippen LogP contribution in [-0.2, 0) is 13.0 Å². The Labute approximate surface area is 174 Å². The molecule has 0 bridgehead atoms. The first-order valence-electron chi connectivity index (χ1n) is 8.36. The van der Waals surface area contributed by atoms with E-state index in [0.29, 0.717) is 6.54 Å². The number of halogens is 1. The van der Waals surface area contributed by atoms with Gasteiger partial charge in [-0.25, -0.2) is 4.98 Å². The Morgan fingerprint density at radius 1 is 1.35 bits per heavy atom. The van der Waals surface area contributed by atoms with Crippen molar-refractivity contribution in [3.8, 4) is 0 Å². The lowest BCUT2D eigenvalue weighted by atomic mass is 10.4. The van der Waals surface area contributed by atoms with Gasteiger partial charge in [-0.15, -0.1) is 45.5 Å². The van der Waals surface area contributed by atoms with E-state index in [4.69, 9.17) is 4.99 Å². The van der Waals surface area contributed by atoms with E-state index in [0.717, 1.165) is 47.6 Å². The third kappa shape index (κ3) is 5.13. The smallest absolute Gasteiger partial charge is 0.194 e. The normalized spacial score (nSPS) is 11.4. The summed E-state index contributed by atoms with van der Waals surface area (Å²) in [6.45, 7) is 6.31. The molecular weight excluding hydrogens is 461 g/mol. The molecule has 3 aromatic rings. The van der Waals surface area contributed by atoms with Gasteiger partial charge in [-0.05, 0) is 26.0 Å². The van der Waals surface area contributed by atoms with E-state index >= 15 is 0 Å². The molecule has 3 heterocycles. The molecule has 0 aromatic carbocycles. The quantitative estimate of drug-likeness (QED) is 0.331. The first-order valence-corrected chi connectivity index (χ1v) is 9.24. The van der Waals surface area contributed by atoms with Gasteiger partial charge >= 0.3 is 0 Å². The van der Waals surface area contributed by atoms with Crippen LogP contribution in [0.15, 0.2) is 34.8 Å². The fourth-order valence-corrected chi connectivity index (χ4v) is 3.20. The summed E-state index contributed by atoms with van der Waals surface area (Å²) in [6.07, 6.45) is 2.72. The lowest BCUT2D eigenvalue weighted by Crippen LogP contribution is -2.38. The van der Waals surface area contributed by atoms with Crippen molar-refractivity contribution in [2.45, 2.75) is 26.8 Å². The molecule has 0 fully saturated rings. The van der Waals surface area contributed by atoms with Crippen molar-refractivity contribution in [1.82, 2.24) is 29.8 Å². The standard InChI is InChI=1S/C17H23N7S.HI/c1-4-18-17(23(3)11-14-12-25-13(2)20-14)19-9-8-16-22-21-15-7-5-6-10-24(15)16;/h5-7,10,12H,4,8-9,11H2,1-3H3,(H,18,19);1H. The average Bonchev–Trinajstić information content (AvgIpc) is 3.20. The highest BCUT2D eigenvalue weighted by atomic mass is 127. The number of thiazole rings is 1. The second-order valence-corrected chi connectivity index (χ2v) is 6.81. The molecule has 0 aliphatic heterocycles. The van der Waals surface area contributed by atoms with E-state index in [1.54, 1.807) is 11.3 Å². The molecule has 9 heteroatoms. The van der Waals surface area contributed by atoms with E-state index in [1.807, 2.05) is 42.8 Å². The number of hydrogen-bond acceptors (Lipinski definition) is 5. The van der Waals surface area contributed by atoms with E-state index in [2.05, 4.69) is 37.7 Å². The molecule has 0 amide bonds. The predicted molar refractivity (Wildman–Crippen MR) is 116 cm³/mol. The fraction of sp³-hybridized carbons (Fsp3) is 0.412. The Kier molecular flexibility index (Phi) is 7.76. The maximum absolute atomic E-state index is 4.72. The Morgan fingerprint density at radius 2 is 2.19 bits per heavy atom. The average molecular weight is 485 g/mol. The number of fused-ring (bicyclic) bond motifs is 1. The summed E-state index contributed by atoms with van der Waals surface area (Å²) in [5.74, 6) is 1.80. The highest BCUT2D eigenvalue weighted by molar-refractivity contribution is 14.0. The minimum Gasteiger partial charge on any atom is -0.357 e. The van der Waals surface area contributed by atoms with E-state index in [9.17, 15) is 0 Å². The van der Waals surface area contributed by atoms with Crippen LogP contribution in [0.25, 0.3) is 5.65 Å². The van der Waals surface area contributed by atoms with Gasteiger partial charge in [0.2, 0.25) is 0 Å². The monoisotopic (exact) mass is 485 g/mol. The molecule has 0 aliphatic rings. The number of hydrogen-bond donors (Lipinski definition) is 1. The zero-order valence-electron chi connectivity index (χ0n) is 15.2. The summed E-state index contributed by atoms with van der Waals surface area (Å²) >= 11 is 1.67. The van der Waals surface area contributed by atoms with Crippen LogP contribution >= 0.6 is 35.3 Å². The van der Waals surface area contributed by atoms with Crippen LogP contribution in [0.2, 0.25) is 0 Å². The van der Waals surface area contributed by atoms with Gasteiger partial charge in [0.25, 0.3) is 0 Å². The zero-order valence-corrected chi connectivity index (χ0v) is 18.4. The van der Waals surface area contributed by atoms with Gasteiger partial charge in [0.15, 0.2) is 11.6 Å². The van der Waals surface area contributed by atoms with E-state index < -0.39 is 0 Å². The molecule has 0 unspecified atom stereocenters. The summed E-state index contributed by atoms with van der Waals surface area (Å²) in [6, 6.07) is 5.90. The van der Waals surface area contributed by atoms with Gasteiger partial charge in [0, 0.05) is 38.1 Å². The molecule has 7 nitrogen and oxygen atoms in total. The molecule has 0 radical (unpaired) electrons. The van der Waals surface area contributed by atoms with Crippen molar-refractivity contribution >= 4 is 46.9 Å². The summed E-state index contributed by atoms with van der Waals surface area (Å²) in [7, 11) is 2.03. The van der Waals surface area contributed by atoms with Crippen LogP contribution in [0.1, 0.15) is 23.4 Å². The molecule has 0 aliphatic carbocycles. The van der Waals surface area contributed by atoms with Crippen LogP contribution in [0.3, 0.4) is 0 Å². The van der Waals surface area contributed by atoms with Crippen LogP contribution in [0, 0.1) is 6.92 Å². The lowest BCUT2D eigenvalue weighted by Gasteiger charge is -2.21. The number of aromatic nitrogens is 4. The van der Waals surface area contributed by atoms with E-state index in [-0.39, 0.29) is 24.0 Å². The number of nitrogens with one attached hydrogen (secondary N) is 1. The first kappa shape index (κ1) is 20.6. The molecule has 0 atom stereocenters. The fourth-order valence-electron chi connectivity index (χ4n) is 2.59. The lowest BCUT2D eigenvalue weighted by molar-refractivity contribution is 0.471. The zero-order chi connectivity index (χ0) is 17.6. The van der Waals surface area contributed by atoms with Gasteiger partial charge in [0.05, 0.1) is 17.2 Å². The number of rotatable bonds is 6. The first-order chi connectivity index (χ1) is 12.2. The predicted octanol–water partition coefficient (Wildman–Crippen LogP) is 2.75. The molecule has 0 saturated heterocycles. The van der Waals surface area contributed by atoms with Gasteiger partial charge in [-0.2, -0.15) is 0 Å². The van der Waals surface area contributed by atoms with Crippen LogP contribution in [-0.4, -0.2) is 50.6 Å². The molecule has 0 saturated carbocycles. The SMILES string of the molecule is CCNC(=NCCc1nnc2ccccn12)N(C)Cc1csc(C)n1.I. The maximum Gasteiger partial charge on any atom is 0.194 e. The third-order valence-corrected chi connectivity index (χ3v) is 4.57. The Balaban J connectivity index is 0.00000243. The second-order valence-electron chi connectivity index (χ2n) is 5.74. The molecule has 26 heavy (non-hydrogen) atoms. The van der Waals surface area contributed by atoms with Crippen LogP contribution < -0.4 is 5.32 Å². The van der Waals surface area contributed by atoms with Crippen molar-refractivity contribution in [1.29, 1.82) is 0 Å². The number of guanidine groups is 1. The number of nitrogens with zero attached hydrogens (tertiary/aromatic N) is 6. The molecular formula is C17H24IN7S. The van der Waals surface area contributed by atoms with Crippen molar-refractivity contribution in [3.63, 3.8) is 0 Å². The summed E-state index contributed by atoms with van der Waals surface area (Å²) in [5, 5.41) is 14.9. The largest absolute Gasteiger partial charge is 0.357 e. The summed E-state index contributed by atoms with van der Waals surface area (Å²) < 4.78 is 2.00. The number of aryl methyl sites for hydroxylation is 1. The summed E-state index contributed by atoms with van der Waals surface area (Å²) in [5.41, 5.74) is 1.93.